The van der Waals surface area contributed by atoms with Crippen molar-refractivity contribution in [3.8, 4) is 5.69 Å². The van der Waals surface area contributed by atoms with Crippen LogP contribution in [0.15, 0.2) is 67.4 Å². The van der Waals surface area contributed by atoms with E-state index in [9.17, 15) is 4.79 Å². The number of halogens is 1. The number of benzene rings is 1. The lowest BCUT2D eigenvalue weighted by Gasteiger charge is -2.04. The Morgan fingerprint density at radius 2 is 2.00 bits per heavy atom. The number of carbonyl (C=O) groups excluding carboxylic acids is 1. The van der Waals surface area contributed by atoms with Crippen molar-refractivity contribution in [1.82, 2.24) is 24.1 Å². The summed E-state index contributed by atoms with van der Waals surface area (Å²) in [6, 6.07) is 12.9. The molecule has 7 nitrogen and oxygen atoms in total. The highest BCUT2D eigenvalue weighted by Gasteiger charge is 2.07. The van der Waals surface area contributed by atoms with Crippen LogP contribution in [0.1, 0.15) is 5.69 Å². The molecule has 0 aliphatic rings. The smallest absolute Gasteiger partial charge is 0.248 e. The standard InChI is InChI=1S/C18H13ClN6O/c19-18-15(24-10-2-1-3-16(24)23-18)8-9-17(26)22-13-4-6-14(7-5-13)25-12-20-11-21-25/h1-12H,(H,22,26)/b9-8+. The molecule has 0 saturated heterocycles. The first-order valence-corrected chi connectivity index (χ1v) is 8.15. The summed E-state index contributed by atoms with van der Waals surface area (Å²) < 4.78 is 3.46. The van der Waals surface area contributed by atoms with Crippen LogP contribution in [0, 0.1) is 0 Å². The SMILES string of the molecule is O=C(/C=C/c1c(Cl)nc2ccccn12)Nc1ccc(-n2cncn2)cc1. The lowest BCUT2D eigenvalue weighted by Crippen LogP contribution is -2.08. The fraction of sp³-hybridized carbons (Fsp3) is 0. The van der Waals surface area contributed by atoms with E-state index in [-0.39, 0.29) is 5.91 Å². The predicted octanol–water partition coefficient (Wildman–Crippen LogP) is 3.22. The minimum Gasteiger partial charge on any atom is -0.323 e. The van der Waals surface area contributed by atoms with E-state index in [1.165, 1.54) is 12.4 Å². The van der Waals surface area contributed by atoms with Gasteiger partial charge in [-0.1, -0.05) is 17.7 Å². The Labute approximate surface area is 153 Å². The molecule has 26 heavy (non-hydrogen) atoms. The molecule has 0 atom stereocenters. The van der Waals surface area contributed by atoms with Crippen LogP contribution in [-0.2, 0) is 4.79 Å². The third-order valence-corrected chi connectivity index (χ3v) is 4.01. The van der Waals surface area contributed by atoms with Gasteiger partial charge in [-0.3, -0.25) is 9.20 Å². The van der Waals surface area contributed by atoms with Crippen molar-refractivity contribution in [3.63, 3.8) is 0 Å². The van der Waals surface area contributed by atoms with Crippen molar-refractivity contribution in [2.45, 2.75) is 0 Å². The Balaban J connectivity index is 1.48. The highest BCUT2D eigenvalue weighted by atomic mass is 35.5. The van der Waals surface area contributed by atoms with E-state index in [0.29, 0.717) is 16.5 Å². The van der Waals surface area contributed by atoms with Crippen LogP contribution in [0.5, 0.6) is 0 Å². The first-order valence-electron chi connectivity index (χ1n) is 7.77. The predicted molar refractivity (Wildman–Crippen MR) is 99.2 cm³/mol. The first-order chi connectivity index (χ1) is 12.7. The van der Waals surface area contributed by atoms with Gasteiger partial charge in [0.15, 0.2) is 5.15 Å². The molecule has 0 saturated carbocycles. The zero-order valence-electron chi connectivity index (χ0n) is 13.5. The molecule has 8 heteroatoms. The van der Waals surface area contributed by atoms with E-state index < -0.39 is 0 Å². The number of aromatic nitrogens is 5. The molecule has 0 radical (unpaired) electrons. The number of hydrogen-bond acceptors (Lipinski definition) is 4. The van der Waals surface area contributed by atoms with Crippen LogP contribution in [0.4, 0.5) is 5.69 Å². The van der Waals surface area contributed by atoms with Crippen LogP contribution in [-0.4, -0.2) is 30.1 Å². The molecule has 0 spiro atoms. The highest BCUT2D eigenvalue weighted by Crippen LogP contribution is 2.19. The van der Waals surface area contributed by atoms with Crippen molar-refractivity contribution in [2.24, 2.45) is 0 Å². The molecule has 0 unspecified atom stereocenters. The summed E-state index contributed by atoms with van der Waals surface area (Å²) in [6.07, 6.45) is 7.98. The monoisotopic (exact) mass is 364 g/mol. The second-order valence-electron chi connectivity index (χ2n) is 5.43. The molecule has 4 aromatic rings. The first kappa shape index (κ1) is 16.0. The Kier molecular flexibility index (Phi) is 4.20. The topological polar surface area (TPSA) is 77.1 Å². The van der Waals surface area contributed by atoms with Gasteiger partial charge in [-0.15, -0.1) is 0 Å². The molecule has 3 aromatic heterocycles. The molecule has 1 amide bonds. The van der Waals surface area contributed by atoms with Gasteiger partial charge in [0.1, 0.15) is 18.3 Å². The highest BCUT2D eigenvalue weighted by molar-refractivity contribution is 6.31. The Morgan fingerprint density at radius 3 is 2.77 bits per heavy atom. The fourth-order valence-electron chi connectivity index (χ4n) is 2.51. The Bertz CT molecular complexity index is 1080. The maximum absolute atomic E-state index is 12.2. The van der Waals surface area contributed by atoms with Crippen molar-refractivity contribution < 1.29 is 4.79 Å². The third kappa shape index (κ3) is 3.20. The van der Waals surface area contributed by atoms with Crippen LogP contribution < -0.4 is 5.32 Å². The molecule has 0 fully saturated rings. The van der Waals surface area contributed by atoms with Gasteiger partial charge >= 0.3 is 0 Å². The molecule has 4 rings (SSSR count). The van der Waals surface area contributed by atoms with Gasteiger partial charge in [0.2, 0.25) is 5.91 Å². The van der Waals surface area contributed by atoms with Crippen molar-refractivity contribution in [3.05, 3.63) is 78.2 Å². The zero-order valence-corrected chi connectivity index (χ0v) is 14.2. The average Bonchev–Trinajstić information content (AvgIpc) is 3.28. The van der Waals surface area contributed by atoms with Crippen LogP contribution in [0.25, 0.3) is 17.4 Å². The van der Waals surface area contributed by atoms with E-state index in [2.05, 4.69) is 20.4 Å². The number of fused-ring (bicyclic) bond motifs is 1. The van der Waals surface area contributed by atoms with E-state index in [1.807, 2.05) is 40.9 Å². The summed E-state index contributed by atoms with van der Waals surface area (Å²) in [6.45, 7) is 0. The molecule has 0 aliphatic heterocycles. The van der Waals surface area contributed by atoms with E-state index >= 15 is 0 Å². The number of amides is 1. The van der Waals surface area contributed by atoms with Crippen LogP contribution in [0.2, 0.25) is 5.15 Å². The minimum absolute atomic E-state index is 0.263. The summed E-state index contributed by atoms with van der Waals surface area (Å²) in [7, 11) is 0. The molecule has 128 valence electrons. The maximum atomic E-state index is 12.2. The largest absolute Gasteiger partial charge is 0.323 e. The lowest BCUT2D eigenvalue weighted by molar-refractivity contribution is -0.111. The number of nitrogens with one attached hydrogen (secondary N) is 1. The summed E-state index contributed by atoms with van der Waals surface area (Å²) in [5.41, 5.74) is 2.90. The Hall–Kier alpha value is -3.45. The van der Waals surface area contributed by atoms with E-state index in [4.69, 9.17) is 11.6 Å². The minimum atomic E-state index is -0.263. The Morgan fingerprint density at radius 1 is 1.15 bits per heavy atom. The number of imidazole rings is 1. The van der Waals surface area contributed by atoms with Gasteiger partial charge in [0, 0.05) is 18.0 Å². The van der Waals surface area contributed by atoms with Gasteiger partial charge in [-0.25, -0.2) is 14.6 Å². The normalized spacial score (nSPS) is 11.3. The summed E-state index contributed by atoms with van der Waals surface area (Å²) in [5.74, 6) is -0.263. The van der Waals surface area contributed by atoms with Crippen molar-refractivity contribution in [2.75, 3.05) is 5.32 Å². The quantitative estimate of drug-likeness (QED) is 0.564. The molecule has 0 aliphatic carbocycles. The molecular weight excluding hydrogens is 352 g/mol. The number of carbonyl (C=O) groups is 1. The number of pyridine rings is 1. The maximum Gasteiger partial charge on any atom is 0.248 e. The van der Waals surface area contributed by atoms with Crippen LogP contribution in [0.3, 0.4) is 0 Å². The zero-order chi connectivity index (χ0) is 17.9. The van der Waals surface area contributed by atoms with Gasteiger partial charge in [-0.05, 0) is 42.5 Å². The number of rotatable bonds is 4. The van der Waals surface area contributed by atoms with Crippen LogP contribution >= 0.6 is 11.6 Å². The van der Waals surface area contributed by atoms with Gasteiger partial charge < -0.3 is 5.32 Å². The molecule has 0 bridgehead atoms. The van der Waals surface area contributed by atoms with E-state index in [0.717, 1.165) is 11.3 Å². The van der Waals surface area contributed by atoms with Gasteiger partial charge in [-0.2, -0.15) is 5.10 Å². The number of anilines is 1. The van der Waals surface area contributed by atoms with Gasteiger partial charge in [0.25, 0.3) is 0 Å². The summed E-state index contributed by atoms with van der Waals surface area (Å²) in [4.78, 5) is 20.3. The fourth-order valence-corrected chi connectivity index (χ4v) is 2.75. The number of nitrogens with zero attached hydrogens (tertiary/aromatic N) is 5. The molecular formula is C18H13ClN6O. The second-order valence-corrected chi connectivity index (χ2v) is 5.78. The van der Waals surface area contributed by atoms with Gasteiger partial charge in [0.05, 0.1) is 11.4 Å². The third-order valence-electron chi connectivity index (χ3n) is 3.73. The number of hydrogen-bond donors (Lipinski definition) is 1. The molecule has 1 aromatic carbocycles. The van der Waals surface area contributed by atoms with Crippen molar-refractivity contribution >= 4 is 34.9 Å². The summed E-state index contributed by atoms with van der Waals surface area (Å²) >= 11 is 6.15. The molecule has 1 N–H and O–H groups in total. The summed E-state index contributed by atoms with van der Waals surface area (Å²) in [5, 5.41) is 7.20. The lowest BCUT2D eigenvalue weighted by atomic mass is 10.2. The van der Waals surface area contributed by atoms with E-state index in [1.54, 1.807) is 29.2 Å². The van der Waals surface area contributed by atoms with Crippen molar-refractivity contribution in [1.29, 1.82) is 0 Å². The second kappa shape index (κ2) is 6.81. The molecule has 3 heterocycles. The average molecular weight is 365 g/mol.